The molecular weight excluding hydrogens is 306 g/mol. The van der Waals surface area contributed by atoms with Crippen molar-refractivity contribution in [2.45, 2.75) is 0 Å². The maximum absolute atomic E-state index is 5.73. The lowest BCUT2D eigenvalue weighted by Crippen LogP contribution is -1.95. The molecule has 0 atom stereocenters. The molecule has 0 spiro atoms. The van der Waals surface area contributed by atoms with Gasteiger partial charge in [0.1, 0.15) is 0 Å². The average molecular weight is 325 g/mol. The molecule has 6 heteroatoms. The molecule has 0 aliphatic rings. The Kier molecular flexibility index (Phi) is 4.29. The third kappa shape index (κ3) is 2.86. The quantitative estimate of drug-likeness (QED) is 0.703. The lowest BCUT2D eigenvalue weighted by Gasteiger charge is -2.13. The van der Waals surface area contributed by atoms with Crippen LogP contribution in [0.15, 0.2) is 42.5 Å². The Morgan fingerprint density at radius 3 is 2.00 bits per heavy atom. The van der Waals surface area contributed by atoms with E-state index in [1.807, 2.05) is 42.5 Å². The van der Waals surface area contributed by atoms with Crippen molar-refractivity contribution in [1.82, 2.24) is 10.2 Å². The first-order valence-electron chi connectivity index (χ1n) is 7.38. The molecule has 3 rings (SSSR count). The van der Waals surface area contributed by atoms with Crippen molar-refractivity contribution in [3.63, 3.8) is 0 Å². The van der Waals surface area contributed by atoms with E-state index in [4.69, 9.17) is 19.9 Å². The molecule has 24 heavy (non-hydrogen) atoms. The van der Waals surface area contributed by atoms with Crippen molar-refractivity contribution in [3.05, 3.63) is 42.5 Å². The maximum atomic E-state index is 5.73. The number of hydrogen-bond acceptors (Lipinski definition) is 5. The number of anilines is 1. The van der Waals surface area contributed by atoms with Gasteiger partial charge in [-0.3, -0.25) is 5.10 Å². The van der Waals surface area contributed by atoms with Crippen LogP contribution in [0, 0.1) is 0 Å². The van der Waals surface area contributed by atoms with Crippen molar-refractivity contribution < 1.29 is 14.2 Å². The molecule has 0 amide bonds. The Labute approximate surface area is 140 Å². The standard InChI is InChI=1S/C18H19N3O3/c1-22-16-8-12(9-17(23-2)18(16)24-3)15-10-14(20-21-15)11-4-6-13(19)7-5-11/h4-10H,19H2,1-3H3,(H,20,21). The number of aromatic amines is 1. The highest BCUT2D eigenvalue weighted by molar-refractivity contribution is 5.73. The summed E-state index contributed by atoms with van der Waals surface area (Å²) >= 11 is 0. The number of methoxy groups -OCH3 is 3. The molecule has 2 aromatic carbocycles. The summed E-state index contributed by atoms with van der Waals surface area (Å²) in [6, 6.07) is 13.3. The Balaban J connectivity index is 2.02. The number of nitrogen functional groups attached to an aromatic ring is 1. The van der Waals surface area contributed by atoms with E-state index in [1.165, 1.54) is 0 Å². The van der Waals surface area contributed by atoms with E-state index < -0.39 is 0 Å². The van der Waals surface area contributed by atoms with Crippen LogP contribution in [-0.2, 0) is 0 Å². The van der Waals surface area contributed by atoms with Gasteiger partial charge in [0.25, 0.3) is 0 Å². The normalized spacial score (nSPS) is 10.5. The summed E-state index contributed by atoms with van der Waals surface area (Å²) in [6.07, 6.45) is 0. The first-order valence-corrected chi connectivity index (χ1v) is 7.38. The van der Waals surface area contributed by atoms with E-state index in [2.05, 4.69) is 10.2 Å². The van der Waals surface area contributed by atoms with Crippen LogP contribution in [0.3, 0.4) is 0 Å². The Morgan fingerprint density at radius 1 is 0.833 bits per heavy atom. The molecule has 3 aromatic rings. The number of aromatic nitrogens is 2. The van der Waals surface area contributed by atoms with Crippen LogP contribution in [0.5, 0.6) is 17.2 Å². The van der Waals surface area contributed by atoms with Crippen molar-refractivity contribution >= 4 is 5.69 Å². The SMILES string of the molecule is COc1cc(-c2cc(-c3ccc(N)cc3)[nH]n2)cc(OC)c1OC. The average Bonchev–Trinajstić information content (AvgIpc) is 3.11. The first-order chi connectivity index (χ1) is 11.7. The number of ether oxygens (including phenoxy) is 3. The van der Waals surface area contributed by atoms with Crippen LogP contribution in [-0.4, -0.2) is 31.5 Å². The second-order valence-corrected chi connectivity index (χ2v) is 5.20. The minimum atomic E-state index is 0.554. The summed E-state index contributed by atoms with van der Waals surface area (Å²) in [6.45, 7) is 0. The van der Waals surface area contributed by atoms with Crippen LogP contribution in [0.2, 0.25) is 0 Å². The third-order valence-corrected chi connectivity index (χ3v) is 3.76. The van der Waals surface area contributed by atoms with Crippen molar-refractivity contribution in [3.8, 4) is 39.8 Å². The van der Waals surface area contributed by atoms with Gasteiger partial charge < -0.3 is 19.9 Å². The lowest BCUT2D eigenvalue weighted by molar-refractivity contribution is 0.324. The van der Waals surface area contributed by atoms with Gasteiger partial charge in [0, 0.05) is 11.3 Å². The fraction of sp³-hybridized carbons (Fsp3) is 0.167. The van der Waals surface area contributed by atoms with E-state index in [1.54, 1.807) is 21.3 Å². The molecule has 0 unspecified atom stereocenters. The van der Waals surface area contributed by atoms with Gasteiger partial charge in [-0.25, -0.2) is 0 Å². The highest BCUT2D eigenvalue weighted by atomic mass is 16.5. The monoisotopic (exact) mass is 325 g/mol. The van der Waals surface area contributed by atoms with Gasteiger partial charge in [-0.1, -0.05) is 12.1 Å². The molecule has 0 aliphatic heterocycles. The topological polar surface area (TPSA) is 82.4 Å². The highest BCUT2D eigenvalue weighted by Gasteiger charge is 2.15. The summed E-state index contributed by atoms with van der Waals surface area (Å²) in [7, 11) is 4.75. The van der Waals surface area contributed by atoms with Gasteiger partial charge in [-0.15, -0.1) is 0 Å². The van der Waals surface area contributed by atoms with Crippen LogP contribution in [0.4, 0.5) is 5.69 Å². The lowest BCUT2D eigenvalue weighted by atomic mass is 10.1. The molecular formula is C18H19N3O3. The second-order valence-electron chi connectivity index (χ2n) is 5.20. The third-order valence-electron chi connectivity index (χ3n) is 3.76. The van der Waals surface area contributed by atoms with E-state index in [0.29, 0.717) is 17.2 Å². The number of nitrogens with two attached hydrogens (primary N) is 1. The highest BCUT2D eigenvalue weighted by Crippen LogP contribution is 2.41. The van der Waals surface area contributed by atoms with Crippen LogP contribution < -0.4 is 19.9 Å². The predicted molar refractivity (Wildman–Crippen MR) is 93.5 cm³/mol. The van der Waals surface area contributed by atoms with Gasteiger partial charge in [-0.2, -0.15) is 5.10 Å². The summed E-state index contributed by atoms with van der Waals surface area (Å²) < 4.78 is 16.1. The molecule has 0 radical (unpaired) electrons. The summed E-state index contributed by atoms with van der Waals surface area (Å²) in [4.78, 5) is 0. The molecule has 1 aromatic heterocycles. The zero-order valence-corrected chi connectivity index (χ0v) is 13.8. The van der Waals surface area contributed by atoms with Crippen molar-refractivity contribution in [1.29, 1.82) is 0 Å². The van der Waals surface area contributed by atoms with E-state index in [9.17, 15) is 0 Å². The van der Waals surface area contributed by atoms with Crippen LogP contribution in [0.25, 0.3) is 22.5 Å². The Hall–Kier alpha value is -3.15. The largest absolute Gasteiger partial charge is 0.493 e. The molecule has 3 N–H and O–H groups in total. The van der Waals surface area contributed by atoms with E-state index in [-0.39, 0.29) is 0 Å². The number of hydrogen-bond donors (Lipinski definition) is 2. The van der Waals surface area contributed by atoms with E-state index >= 15 is 0 Å². The fourth-order valence-corrected chi connectivity index (χ4v) is 2.51. The van der Waals surface area contributed by atoms with E-state index in [0.717, 1.165) is 28.2 Å². The zero-order valence-electron chi connectivity index (χ0n) is 13.8. The number of H-pyrrole nitrogens is 1. The van der Waals surface area contributed by atoms with Crippen LogP contribution >= 0.6 is 0 Å². The molecule has 0 fully saturated rings. The number of rotatable bonds is 5. The second kappa shape index (κ2) is 6.54. The molecule has 124 valence electrons. The number of benzene rings is 2. The van der Waals surface area contributed by atoms with Gasteiger partial charge in [0.2, 0.25) is 5.75 Å². The summed E-state index contributed by atoms with van der Waals surface area (Å²) in [5, 5.41) is 7.42. The van der Waals surface area contributed by atoms with Gasteiger partial charge in [0.05, 0.1) is 32.7 Å². The summed E-state index contributed by atoms with van der Waals surface area (Å²) in [5.41, 5.74) is 10.0. The molecule has 1 heterocycles. The summed E-state index contributed by atoms with van der Waals surface area (Å²) in [5.74, 6) is 1.73. The number of nitrogens with one attached hydrogen (secondary N) is 1. The minimum Gasteiger partial charge on any atom is -0.493 e. The minimum absolute atomic E-state index is 0.554. The maximum Gasteiger partial charge on any atom is 0.203 e. The van der Waals surface area contributed by atoms with Crippen molar-refractivity contribution in [2.75, 3.05) is 27.1 Å². The molecule has 0 bridgehead atoms. The van der Waals surface area contributed by atoms with Crippen LogP contribution in [0.1, 0.15) is 0 Å². The van der Waals surface area contributed by atoms with Crippen molar-refractivity contribution in [2.24, 2.45) is 0 Å². The first kappa shape index (κ1) is 15.7. The number of nitrogens with zero attached hydrogens (tertiary/aromatic N) is 1. The van der Waals surface area contributed by atoms with Gasteiger partial charge in [-0.05, 0) is 35.9 Å². The molecule has 0 saturated heterocycles. The molecule has 0 saturated carbocycles. The zero-order chi connectivity index (χ0) is 17.1. The Bertz CT molecular complexity index is 816. The van der Waals surface area contributed by atoms with Gasteiger partial charge in [0.15, 0.2) is 11.5 Å². The molecule has 0 aliphatic carbocycles. The predicted octanol–water partition coefficient (Wildman–Crippen LogP) is 3.35. The van der Waals surface area contributed by atoms with Gasteiger partial charge >= 0.3 is 0 Å². The Morgan fingerprint density at radius 2 is 1.46 bits per heavy atom. The smallest absolute Gasteiger partial charge is 0.203 e. The fourth-order valence-electron chi connectivity index (χ4n) is 2.51. The molecule has 6 nitrogen and oxygen atoms in total.